The Morgan fingerprint density at radius 1 is 1.06 bits per heavy atom. The third-order valence-corrected chi connectivity index (χ3v) is 6.43. The van der Waals surface area contributed by atoms with Crippen molar-refractivity contribution in [3.63, 3.8) is 0 Å². The summed E-state index contributed by atoms with van der Waals surface area (Å²) in [5.41, 5.74) is 3.71. The highest BCUT2D eigenvalue weighted by Gasteiger charge is 2.47. The summed E-state index contributed by atoms with van der Waals surface area (Å²) < 4.78 is 11.1. The first-order valence-electron chi connectivity index (χ1n) is 11.2. The first-order valence-corrected chi connectivity index (χ1v) is 11.2. The molecule has 2 atom stereocenters. The second kappa shape index (κ2) is 8.37. The molecular weight excluding hydrogens is 430 g/mol. The molecule has 2 heterocycles. The van der Waals surface area contributed by atoms with Crippen LogP contribution in [0.1, 0.15) is 35.2 Å². The summed E-state index contributed by atoms with van der Waals surface area (Å²) in [6, 6.07) is 19.2. The zero-order chi connectivity index (χ0) is 24.0. The summed E-state index contributed by atoms with van der Waals surface area (Å²) in [6.07, 6.45) is 0.772. The molecule has 6 nitrogen and oxygen atoms in total. The van der Waals surface area contributed by atoms with Crippen LogP contribution in [0.4, 0.5) is 5.69 Å². The Morgan fingerprint density at radius 3 is 2.62 bits per heavy atom. The summed E-state index contributed by atoms with van der Waals surface area (Å²) >= 11 is 0. The van der Waals surface area contributed by atoms with Gasteiger partial charge in [0.05, 0.1) is 18.7 Å². The molecule has 1 saturated heterocycles. The molecule has 1 amide bonds. The molecule has 2 unspecified atom stereocenters. The predicted octanol–water partition coefficient (Wildman–Crippen LogP) is 4.95. The average molecular weight is 456 g/mol. The van der Waals surface area contributed by atoms with Crippen molar-refractivity contribution >= 4 is 23.1 Å². The van der Waals surface area contributed by atoms with Gasteiger partial charge in [-0.05, 0) is 60.9 Å². The molecule has 0 bridgehead atoms. The van der Waals surface area contributed by atoms with Gasteiger partial charge in [0.2, 0.25) is 0 Å². The van der Waals surface area contributed by atoms with E-state index in [-0.39, 0.29) is 17.4 Å². The zero-order valence-electron chi connectivity index (χ0n) is 19.2. The molecule has 0 spiro atoms. The molecule has 6 heteroatoms. The molecule has 0 aliphatic carbocycles. The minimum atomic E-state index is -0.781. The standard InChI is InChI=1S/C28H25NO5/c1-16-7-4-5-10-22(16)25-24(26(30)18-11-12-23-19(14-18)13-17(2)34-23)27(31)28(32)29(25)20-8-6-9-21(15-20)33-3/h4-12,14-15,17,25,30H,13H2,1-3H3/b26-24+. The fourth-order valence-corrected chi connectivity index (χ4v) is 4.77. The van der Waals surface area contributed by atoms with Gasteiger partial charge in [-0.15, -0.1) is 0 Å². The molecule has 172 valence electrons. The van der Waals surface area contributed by atoms with E-state index in [1.165, 1.54) is 4.90 Å². The van der Waals surface area contributed by atoms with E-state index >= 15 is 0 Å². The van der Waals surface area contributed by atoms with E-state index in [9.17, 15) is 14.7 Å². The molecule has 1 N–H and O–H groups in total. The lowest BCUT2D eigenvalue weighted by Crippen LogP contribution is -2.29. The Kier molecular flexibility index (Phi) is 5.36. The Bertz CT molecular complexity index is 1340. The first kappa shape index (κ1) is 21.8. The number of anilines is 1. The van der Waals surface area contributed by atoms with Gasteiger partial charge in [-0.3, -0.25) is 14.5 Å². The SMILES string of the molecule is COc1cccc(N2C(=O)C(=O)/C(=C(/O)c3ccc4c(c3)CC(C)O4)C2c2ccccc2C)c1. The van der Waals surface area contributed by atoms with Crippen LogP contribution in [0.2, 0.25) is 0 Å². The van der Waals surface area contributed by atoms with Crippen molar-refractivity contribution in [2.45, 2.75) is 32.4 Å². The van der Waals surface area contributed by atoms with E-state index in [2.05, 4.69) is 0 Å². The molecule has 34 heavy (non-hydrogen) atoms. The predicted molar refractivity (Wildman–Crippen MR) is 129 cm³/mol. The number of amides is 1. The number of benzene rings is 3. The van der Waals surface area contributed by atoms with Crippen LogP contribution in [0.3, 0.4) is 0 Å². The van der Waals surface area contributed by atoms with E-state index in [1.54, 1.807) is 43.5 Å². The molecule has 1 fully saturated rings. The lowest BCUT2D eigenvalue weighted by molar-refractivity contribution is -0.132. The summed E-state index contributed by atoms with van der Waals surface area (Å²) in [5.74, 6) is -0.272. The molecule has 0 saturated carbocycles. The second-order valence-corrected chi connectivity index (χ2v) is 8.68. The summed E-state index contributed by atoms with van der Waals surface area (Å²) in [6.45, 7) is 3.91. The number of nitrogens with zero attached hydrogens (tertiary/aromatic N) is 1. The number of aliphatic hydroxyl groups excluding tert-OH is 1. The van der Waals surface area contributed by atoms with Gasteiger partial charge in [-0.1, -0.05) is 30.3 Å². The highest BCUT2D eigenvalue weighted by Crippen LogP contribution is 2.44. The molecule has 0 aromatic heterocycles. The maximum atomic E-state index is 13.4. The first-order chi connectivity index (χ1) is 16.4. The highest BCUT2D eigenvalue weighted by atomic mass is 16.5. The van der Waals surface area contributed by atoms with Gasteiger partial charge in [0.25, 0.3) is 11.7 Å². The number of ether oxygens (including phenoxy) is 2. The largest absolute Gasteiger partial charge is 0.507 e. The number of ketones is 1. The summed E-state index contributed by atoms with van der Waals surface area (Å²) in [7, 11) is 1.55. The molecular formula is C28H25NO5. The normalized spacial score (nSPS) is 20.9. The van der Waals surface area contributed by atoms with Crippen molar-refractivity contribution in [3.8, 4) is 11.5 Å². The van der Waals surface area contributed by atoms with Crippen molar-refractivity contribution in [2.24, 2.45) is 0 Å². The van der Waals surface area contributed by atoms with Crippen LogP contribution < -0.4 is 14.4 Å². The third-order valence-electron chi connectivity index (χ3n) is 6.43. The number of rotatable bonds is 4. The summed E-state index contributed by atoms with van der Waals surface area (Å²) in [5, 5.41) is 11.4. The third kappa shape index (κ3) is 3.52. The smallest absolute Gasteiger partial charge is 0.300 e. The number of carbonyl (C=O) groups is 2. The average Bonchev–Trinajstić information content (AvgIpc) is 3.34. The van der Waals surface area contributed by atoms with Crippen molar-refractivity contribution < 1.29 is 24.2 Å². The van der Waals surface area contributed by atoms with Gasteiger partial charge in [0.1, 0.15) is 23.4 Å². The Balaban J connectivity index is 1.71. The van der Waals surface area contributed by atoms with E-state index < -0.39 is 17.7 Å². The second-order valence-electron chi connectivity index (χ2n) is 8.68. The van der Waals surface area contributed by atoms with Gasteiger partial charge < -0.3 is 14.6 Å². The van der Waals surface area contributed by atoms with E-state index in [4.69, 9.17) is 9.47 Å². The molecule has 3 aromatic rings. The topological polar surface area (TPSA) is 76.1 Å². The van der Waals surface area contributed by atoms with Gasteiger partial charge in [-0.25, -0.2) is 0 Å². The minimum Gasteiger partial charge on any atom is -0.507 e. The van der Waals surface area contributed by atoms with Crippen LogP contribution in [-0.2, 0) is 16.0 Å². The van der Waals surface area contributed by atoms with Crippen LogP contribution in [0.5, 0.6) is 11.5 Å². The number of methoxy groups -OCH3 is 1. The maximum absolute atomic E-state index is 13.4. The number of Topliss-reactive ketones (excluding diaryl/α,β-unsaturated/α-hetero) is 1. The van der Waals surface area contributed by atoms with Crippen molar-refractivity contribution in [3.05, 3.63) is 94.6 Å². The zero-order valence-corrected chi connectivity index (χ0v) is 19.2. The molecule has 0 radical (unpaired) electrons. The Morgan fingerprint density at radius 2 is 1.85 bits per heavy atom. The van der Waals surface area contributed by atoms with Crippen LogP contribution in [0.15, 0.2) is 72.3 Å². The summed E-state index contributed by atoms with van der Waals surface area (Å²) in [4.78, 5) is 28.2. The fourth-order valence-electron chi connectivity index (χ4n) is 4.77. The number of carbonyl (C=O) groups excluding carboxylic acids is 2. The lowest BCUT2D eigenvalue weighted by atomic mass is 9.92. The van der Waals surface area contributed by atoms with Crippen LogP contribution in [-0.4, -0.2) is 30.0 Å². The monoisotopic (exact) mass is 455 g/mol. The van der Waals surface area contributed by atoms with E-state index in [0.717, 1.165) is 28.9 Å². The van der Waals surface area contributed by atoms with Crippen molar-refractivity contribution in [2.75, 3.05) is 12.0 Å². The molecule has 2 aliphatic heterocycles. The van der Waals surface area contributed by atoms with Gasteiger partial charge >= 0.3 is 0 Å². The minimum absolute atomic E-state index is 0.0537. The molecule has 5 rings (SSSR count). The van der Waals surface area contributed by atoms with Crippen LogP contribution >= 0.6 is 0 Å². The van der Waals surface area contributed by atoms with Gasteiger partial charge in [-0.2, -0.15) is 0 Å². The Hall–Kier alpha value is -4.06. The van der Waals surface area contributed by atoms with Crippen LogP contribution in [0, 0.1) is 6.92 Å². The fraction of sp³-hybridized carbons (Fsp3) is 0.214. The van der Waals surface area contributed by atoms with E-state index in [0.29, 0.717) is 17.0 Å². The maximum Gasteiger partial charge on any atom is 0.300 e. The van der Waals surface area contributed by atoms with E-state index in [1.807, 2.05) is 44.2 Å². The van der Waals surface area contributed by atoms with Crippen molar-refractivity contribution in [1.29, 1.82) is 0 Å². The van der Waals surface area contributed by atoms with Crippen molar-refractivity contribution in [1.82, 2.24) is 0 Å². The number of hydrogen-bond donors (Lipinski definition) is 1. The van der Waals surface area contributed by atoms with Gasteiger partial charge in [0, 0.05) is 23.7 Å². The van der Waals surface area contributed by atoms with Crippen LogP contribution in [0.25, 0.3) is 5.76 Å². The number of hydrogen-bond acceptors (Lipinski definition) is 5. The number of aliphatic hydroxyl groups is 1. The lowest BCUT2D eigenvalue weighted by Gasteiger charge is -2.27. The quantitative estimate of drug-likeness (QED) is 0.342. The molecule has 3 aromatic carbocycles. The number of aryl methyl sites for hydroxylation is 1. The number of fused-ring (bicyclic) bond motifs is 1. The van der Waals surface area contributed by atoms with Gasteiger partial charge in [0.15, 0.2) is 0 Å². The molecule has 2 aliphatic rings. The Labute approximate surface area is 198 Å². The highest BCUT2D eigenvalue weighted by molar-refractivity contribution is 6.51.